The largest absolute Gasteiger partial charge is 0.472 e. The highest BCUT2D eigenvalue weighted by Gasteiger charge is 2.30. The Hall–Kier alpha value is -1.94. The molecule has 3 N–H and O–H groups in total. The molecule has 0 aromatic rings. The molecule has 17 nitrogen and oxygen atoms in total. The molecule has 19 heteroatoms. The van der Waals surface area contributed by atoms with Gasteiger partial charge in [-0.2, -0.15) is 0 Å². The van der Waals surface area contributed by atoms with Gasteiger partial charge in [-0.3, -0.25) is 37.3 Å². The second-order valence-corrected chi connectivity index (χ2v) is 35.0. The molecule has 5 atom stereocenters. The molecule has 0 amide bonds. The first-order valence-electron chi connectivity index (χ1n) is 43.2. The van der Waals surface area contributed by atoms with Gasteiger partial charge in [-0.25, -0.2) is 9.13 Å². The lowest BCUT2D eigenvalue weighted by Crippen LogP contribution is -2.30. The maximum atomic E-state index is 13.1. The molecule has 0 aromatic carbocycles. The lowest BCUT2D eigenvalue weighted by molar-refractivity contribution is -0.161. The minimum Gasteiger partial charge on any atom is -0.462 e. The van der Waals surface area contributed by atoms with Crippen LogP contribution in [0.5, 0.6) is 0 Å². The molecule has 0 saturated carbocycles. The number of rotatable bonds is 81. The van der Waals surface area contributed by atoms with Gasteiger partial charge in [0, 0.05) is 25.7 Å². The number of carbonyl (C=O) groups is 4. The van der Waals surface area contributed by atoms with E-state index in [1.165, 1.54) is 231 Å². The third kappa shape index (κ3) is 78.0. The minimum atomic E-state index is -4.96. The van der Waals surface area contributed by atoms with Gasteiger partial charge < -0.3 is 33.8 Å². The van der Waals surface area contributed by atoms with Crippen molar-refractivity contribution in [1.82, 2.24) is 0 Å². The maximum Gasteiger partial charge on any atom is 0.472 e. The summed E-state index contributed by atoms with van der Waals surface area (Å²) in [5, 5.41) is 10.7. The molecule has 0 fully saturated rings. The van der Waals surface area contributed by atoms with Crippen LogP contribution in [0.4, 0.5) is 0 Å². The van der Waals surface area contributed by atoms with E-state index in [0.29, 0.717) is 31.6 Å². The number of carbonyl (C=O) groups excluding carboxylic acids is 4. The van der Waals surface area contributed by atoms with E-state index in [1.807, 2.05) is 0 Å². The van der Waals surface area contributed by atoms with Crippen molar-refractivity contribution in [2.45, 2.75) is 453 Å². The molecule has 612 valence electrons. The van der Waals surface area contributed by atoms with Crippen molar-refractivity contribution in [2.75, 3.05) is 39.6 Å². The summed E-state index contributed by atoms with van der Waals surface area (Å²) in [6.45, 7) is 14.3. The van der Waals surface area contributed by atoms with Crippen LogP contribution in [0.2, 0.25) is 0 Å². The summed E-state index contributed by atoms with van der Waals surface area (Å²) >= 11 is 0. The smallest absolute Gasteiger partial charge is 0.462 e. The van der Waals surface area contributed by atoms with Gasteiger partial charge in [-0.15, -0.1) is 0 Å². The molecular weight excluding hydrogens is 1340 g/mol. The zero-order chi connectivity index (χ0) is 76.0. The van der Waals surface area contributed by atoms with E-state index < -0.39 is 97.5 Å². The summed E-state index contributed by atoms with van der Waals surface area (Å²) < 4.78 is 68.8. The normalized spacial score (nSPS) is 14.0. The molecule has 0 aliphatic heterocycles. The van der Waals surface area contributed by atoms with Crippen molar-refractivity contribution in [3.8, 4) is 0 Å². The van der Waals surface area contributed by atoms with Gasteiger partial charge in [0.25, 0.3) is 0 Å². The zero-order valence-electron chi connectivity index (χ0n) is 68.0. The molecule has 0 bridgehead atoms. The van der Waals surface area contributed by atoms with Gasteiger partial charge in [-0.05, 0) is 49.4 Å². The Balaban J connectivity index is 5.24. The van der Waals surface area contributed by atoms with Gasteiger partial charge in [0.1, 0.15) is 19.3 Å². The van der Waals surface area contributed by atoms with E-state index in [0.717, 1.165) is 114 Å². The Morgan fingerprint density at radius 1 is 0.243 bits per heavy atom. The van der Waals surface area contributed by atoms with Gasteiger partial charge in [-0.1, -0.05) is 383 Å². The molecule has 0 heterocycles. The molecule has 0 aromatic heterocycles. The standard InChI is InChI=1S/C84H164O17P2/c1-74(2)60-52-44-36-29-23-17-11-9-13-21-27-33-41-50-58-66-83(88)100-79(70-94-81(86)64-56-48-40-32-26-20-16-15-19-25-31-38-46-54-62-76(5)6)72-98-102(90,91)96-68-78(85)69-97-103(92,93)99-73-80(71-95-82(87)65-57-49-43-35-39-47-55-63-77(7)8)101-84(89)67-59-51-42-34-28-22-14-10-12-18-24-30-37-45-53-61-75(3)4/h74-80,85H,9-73H2,1-8H3,(H,90,91)(H,92,93)/t78?,79-,80-/m1/s1. The summed E-state index contributed by atoms with van der Waals surface area (Å²) in [7, 11) is -9.93. The molecule has 3 unspecified atom stereocenters. The number of aliphatic hydroxyl groups excluding tert-OH is 1. The summed E-state index contributed by atoms with van der Waals surface area (Å²) in [5.41, 5.74) is 0. The Morgan fingerprint density at radius 3 is 0.602 bits per heavy atom. The Bertz CT molecular complexity index is 2010. The molecule has 0 rings (SSSR count). The van der Waals surface area contributed by atoms with Crippen molar-refractivity contribution in [3.63, 3.8) is 0 Å². The third-order valence-electron chi connectivity index (χ3n) is 19.6. The van der Waals surface area contributed by atoms with Crippen molar-refractivity contribution in [1.29, 1.82) is 0 Å². The summed E-state index contributed by atoms with van der Waals surface area (Å²) in [5.74, 6) is 0.999. The van der Waals surface area contributed by atoms with Gasteiger partial charge in [0.15, 0.2) is 12.2 Å². The number of hydrogen-bond acceptors (Lipinski definition) is 15. The van der Waals surface area contributed by atoms with E-state index in [9.17, 15) is 43.2 Å². The van der Waals surface area contributed by atoms with Gasteiger partial charge in [0.2, 0.25) is 0 Å². The van der Waals surface area contributed by atoms with Crippen molar-refractivity contribution in [2.24, 2.45) is 23.7 Å². The number of esters is 4. The number of unbranched alkanes of at least 4 members (excludes halogenated alkanes) is 47. The van der Waals surface area contributed by atoms with Crippen molar-refractivity contribution >= 4 is 39.5 Å². The highest BCUT2D eigenvalue weighted by molar-refractivity contribution is 7.47. The number of phosphoric acid groups is 2. The number of phosphoric ester groups is 2. The minimum absolute atomic E-state index is 0.107. The second-order valence-electron chi connectivity index (χ2n) is 32.1. The van der Waals surface area contributed by atoms with E-state index >= 15 is 0 Å². The summed E-state index contributed by atoms with van der Waals surface area (Å²) in [6.07, 6.45) is 61.1. The van der Waals surface area contributed by atoms with Crippen LogP contribution in [-0.2, 0) is 65.4 Å². The highest BCUT2D eigenvalue weighted by Crippen LogP contribution is 2.45. The average Bonchev–Trinajstić information content (AvgIpc) is 0.921. The quantitative estimate of drug-likeness (QED) is 0.0222. The first kappa shape index (κ1) is 101. The Morgan fingerprint density at radius 2 is 0.408 bits per heavy atom. The average molecular weight is 1510 g/mol. The zero-order valence-corrected chi connectivity index (χ0v) is 69.7. The van der Waals surface area contributed by atoms with Crippen LogP contribution in [0.25, 0.3) is 0 Å². The van der Waals surface area contributed by atoms with E-state index in [1.54, 1.807) is 0 Å². The maximum absolute atomic E-state index is 13.1. The monoisotopic (exact) mass is 1510 g/mol. The number of ether oxygens (including phenoxy) is 4. The topological polar surface area (TPSA) is 237 Å². The Kier molecular flexibility index (Phi) is 71.5. The lowest BCUT2D eigenvalue weighted by atomic mass is 10.0. The van der Waals surface area contributed by atoms with Crippen LogP contribution in [0, 0.1) is 23.7 Å². The summed E-state index contributed by atoms with van der Waals surface area (Å²) in [4.78, 5) is 73.1. The van der Waals surface area contributed by atoms with Crippen LogP contribution >= 0.6 is 15.6 Å². The Labute approximate surface area is 632 Å². The fourth-order valence-corrected chi connectivity index (χ4v) is 14.5. The van der Waals surface area contributed by atoms with Crippen molar-refractivity contribution < 1.29 is 80.2 Å². The van der Waals surface area contributed by atoms with E-state index in [4.69, 9.17) is 37.0 Å². The van der Waals surface area contributed by atoms with Gasteiger partial charge >= 0.3 is 39.5 Å². The predicted octanol–water partition coefficient (Wildman–Crippen LogP) is 25.2. The van der Waals surface area contributed by atoms with Crippen LogP contribution < -0.4 is 0 Å². The van der Waals surface area contributed by atoms with E-state index in [-0.39, 0.29) is 25.7 Å². The lowest BCUT2D eigenvalue weighted by Gasteiger charge is -2.21. The predicted molar refractivity (Wildman–Crippen MR) is 423 cm³/mol. The number of hydrogen-bond donors (Lipinski definition) is 3. The molecule has 0 saturated heterocycles. The number of aliphatic hydroxyl groups is 1. The molecular formula is C84H164O17P2. The molecule has 103 heavy (non-hydrogen) atoms. The van der Waals surface area contributed by atoms with E-state index in [2.05, 4.69) is 55.4 Å². The molecule has 0 radical (unpaired) electrons. The summed E-state index contributed by atoms with van der Waals surface area (Å²) in [6, 6.07) is 0. The molecule has 0 aliphatic rings. The highest BCUT2D eigenvalue weighted by atomic mass is 31.2. The molecule has 0 aliphatic carbocycles. The second kappa shape index (κ2) is 72.9. The SMILES string of the molecule is CC(C)CCCCCCCCCCCCCCCCCC(=O)O[C@H](COC(=O)CCCCCCCCCCCCCCCCC(C)C)COP(=O)(O)OCC(O)COP(=O)(O)OC[C@@H](COC(=O)CCCCCCCCCC(C)C)OC(=O)CCCCCCCCCCCCCCCCCC(C)C. The fraction of sp³-hybridized carbons (Fsp3) is 0.952. The third-order valence-corrected chi connectivity index (χ3v) is 21.5. The first-order valence-corrected chi connectivity index (χ1v) is 46.2. The van der Waals surface area contributed by atoms with Crippen LogP contribution in [0.1, 0.15) is 434 Å². The van der Waals surface area contributed by atoms with Crippen LogP contribution in [-0.4, -0.2) is 96.7 Å². The van der Waals surface area contributed by atoms with Crippen LogP contribution in [0.3, 0.4) is 0 Å². The first-order chi connectivity index (χ1) is 49.6. The van der Waals surface area contributed by atoms with Gasteiger partial charge in [0.05, 0.1) is 26.4 Å². The van der Waals surface area contributed by atoms with Crippen LogP contribution in [0.15, 0.2) is 0 Å². The fourth-order valence-electron chi connectivity index (χ4n) is 13.0. The van der Waals surface area contributed by atoms with Crippen molar-refractivity contribution in [3.05, 3.63) is 0 Å². The molecule has 0 spiro atoms.